The highest BCUT2D eigenvalue weighted by atomic mass is 15.1. The molecule has 0 N–H and O–H groups in total. The maximum absolute atomic E-state index is 2.55. The van der Waals surface area contributed by atoms with E-state index in [9.17, 15) is 0 Å². The van der Waals surface area contributed by atoms with Gasteiger partial charge in [-0.15, -0.1) is 0 Å². The number of rotatable bonds is 7. The lowest BCUT2D eigenvalue weighted by Gasteiger charge is -2.30. The summed E-state index contributed by atoms with van der Waals surface area (Å²) in [5, 5.41) is 2.66. The molecule has 7 aromatic rings. The van der Waals surface area contributed by atoms with E-state index < -0.39 is 0 Å². The lowest BCUT2D eigenvalue weighted by atomic mass is 9.81. The molecule has 11 rings (SSSR count). The van der Waals surface area contributed by atoms with Crippen LogP contribution in [0.4, 0.5) is 17.1 Å². The smallest absolute Gasteiger partial charge is 0.0540 e. The third kappa shape index (κ3) is 6.05. The summed E-state index contributed by atoms with van der Waals surface area (Å²) in [6, 6.07) is 58.2. The SMILES string of the molecule is CC1(C)c2cc(-c3ccc(-c4ccccc4)cc3)ccc2-c2ccc(N(c3ccc(C4CC5CCC4C5)cc3)c3cccc4cc(C5CCCCC5)ccc34)cc21. The van der Waals surface area contributed by atoms with Crippen molar-refractivity contribution in [3.8, 4) is 33.4 Å². The van der Waals surface area contributed by atoms with Gasteiger partial charge in [-0.2, -0.15) is 0 Å². The van der Waals surface area contributed by atoms with E-state index in [4.69, 9.17) is 0 Å². The summed E-state index contributed by atoms with van der Waals surface area (Å²) < 4.78 is 0. The molecule has 3 atom stereocenters. The predicted octanol–water partition coefficient (Wildman–Crippen LogP) is 15.9. The van der Waals surface area contributed by atoms with Gasteiger partial charge in [0.25, 0.3) is 0 Å². The Labute approximate surface area is 339 Å². The van der Waals surface area contributed by atoms with Crippen molar-refractivity contribution in [3.05, 3.63) is 174 Å². The second-order valence-electron chi connectivity index (χ2n) is 18.4. The molecule has 0 heterocycles. The van der Waals surface area contributed by atoms with E-state index in [0.29, 0.717) is 5.92 Å². The monoisotopic (exact) mass is 739 g/mol. The van der Waals surface area contributed by atoms with E-state index >= 15 is 0 Å². The Kier molecular flexibility index (Phi) is 8.50. The van der Waals surface area contributed by atoms with Crippen molar-refractivity contribution < 1.29 is 0 Å². The molecule has 0 aliphatic heterocycles. The van der Waals surface area contributed by atoms with Crippen LogP contribution in [0.2, 0.25) is 0 Å². The average Bonchev–Trinajstić information content (AvgIpc) is 3.97. The molecule has 3 unspecified atom stereocenters. The second-order valence-corrected chi connectivity index (χ2v) is 18.4. The molecule has 0 radical (unpaired) electrons. The minimum absolute atomic E-state index is 0.147. The fourth-order valence-electron chi connectivity index (χ4n) is 11.7. The molecule has 0 amide bonds. The lowest BCUT2D eigenvalue weighted by Crippen LogP contribution is -2.17. The minimum atomic E-state index is -0.147. The molecule has 3 saturated carbocycles. The van der Waals surface area contributed by atoms with Crippen LogP contribution in [-0.4, -0.2) is 0 Å². The van der Waals surface area contributed by atoms with Gasteiger partial charge in [-0.05, 0) is 153 Å². The number of fused-ring (bicyclic) bond motifs is 6. The van der Waals surface area contributed by atoms with Gasteiger partial charge in [-0.1, -0.05) is 155 Å². The summed E-state index contributed by atoms with van der Waals surface area (Å²) in [5.41, 5.74) is 17.2. The van der Waals surface area contributed by atoms with Gasteiger partial charge in [0.15, 0.2) is 0 Å². The van der Waals surface area contributed by atoms with Gasteiger partial charge in [0.2, 0.25) is 0 Å². The van der Waals surface area contributed by atoms with Gasteiger partial charge in [-0.3, -0.25) is 0 Å². The molecule has 4 aliphatic rings. The third-order valence-electron chi connectivity index (χ3n) is 14.8. The number of anilines is 3. The lowest BCUT2D eigenvalue weighted by molar-refractivity contribution is 0.420. The molecule has 57 heavy (non-hydrogen) atoms. The normalized spacial score (nSPS) is 20.8. The molecule has 0 saturated heterocycles. The van der Waals surface area contributed by atoms with Crippen molar-refractivity contribution in [2.24, 2.45) is 11.8 Å². The summed E-state index contributed by atoms with van der Waals surface area (Å²) in [7, 11) is 0. The van der Waals surface area contributed by atoms with Crippen LogP contribution in [0.15, 0.2) is 152 Å². The number of hydrogen-bond acceptors (Lipinski definition) is 1. The molecule has 1 heteroatoms. The zero-order valence-electron chi connectivity index (χ0n) is 33.6. The van der Waals surface area contributed by atoms with E-state index in [2.05, 4.69) is 170 Å². The van der Waals surface area contributed by atoms with Gasteiger partial charge in [0.1, 0.15) is 0 Å². The molecular formula is C56H53N. The fraction of sp³-hybridized carbons (Fsp3) is 0.286. The summed E-state index contributed by atoms with van der Waals surface area (Å²) >= 11 is 0. The quantitative estimate of drug-likeness (QED) is 0.157. The van der Waals surface area contributed by atoms with E-state index in [-0.39, 0.29) is 5.41 Å². The van der Waals surface area contributed by atoms with Crippen LogP contribution < -0.4 is 4.90 Å². The van der Waals surface area contributed by atoms with Crippen LogP contribution in [0.1, 0.15) is 106 Å². The zero-order chi connectivity index (χ0) is 38.1. The molecular weight excluding hydrogens is 687 g/mol. The first-order chi connectivity index (χ1) is 28.0. The van der Waals surface area contributed by atoms with Crippen LogP contribution in [0, 0.1) is 11.8 Å². The molecule has 7 aromatic carbocycles. The average molecular weight is 740 g/mol. The molecule has 282 valence electrons. The van der Waals surface area contributed by atoms with Gasteiger partial charge < -0.3 is 4.90 Å². The topological polar surface area (TPSA) is 3.24 Å². The largest absolute Gasteiger partial charge is 0.310 e. The van der Waals surface area contributed by atoms with Gasteiger partial charge in [-0.25, -0.2) is 0 Å². The first kappa shape index (κ1) is 34.8. The molecule has 0 spiro atoms. The zero-order valence-corrected chi connectivity index (χ0v) is 33.6. The first-order valence-electron chi connectivity index (χ1n) is 21.9. The standard InChI is InChI=1S/C56H53N/c1-56(2)53-35-44(41-20-18-40(19-21-41)38-10-5-3-6-11-38)25-30-50(53)51-31-28-48(36-54(51)56)57(47-26-22-42(23-27-47)52-33-37-16-17-46(52)32-37)55-15-9-14-45-34-43(24-29-49(45)55)39-12-7-4-8-13-39/h3,5-6,9-11,14-15,18-31,34-37,39,46,52H,4,7-8,12-13,16-17,32-33H2,1-2H3. The number of hydrogen-bond donors (Lipinski definition) is 0. The van der Waals surface area contributed by atoms with Crippen LogP contribution in [0.3, 0.4) is 0 Å². The predicted molar refractivity (Wildman–Crippen MR) is 241 cm³/mol. The molecule has 0 aromatic heterocycles. The van der Waals surface area contributed by atoms with Crippen molar-refractivity contribution >= 4 is 27.8 Å². The highest BCUT2D eigenvalue weighted by Crippen LogP contribution is 2.54. The van der Waals surface area contributed by atoms with Crippen LogP contribution in [-0.2, 0) is 5.41 Å². The second kappa shape index (κ2) is 13.9. The highest BCUT2D eigenvalue weighted by Gasteiger charge is 2.40. The summed E-state index contributed by atoms with van der Waals surface area (Å²) in [6.07, 6.45) is 12.4. The Balaban J connectivity index is 0.979. The molecule has 4 aliphatic carbocycles. The van der Waals surface area contributed by atoms with Crippen molar-refractivity contribution in [2.45, 2.75) is 88.9 Å². The Morgan fingerprint density at radius 1 is 0.491 bits per heavy atom. The first-order valence-corrected chi connectivity index (χ1v) is 21.9. The van der Waals surface area contributed by atoms with E-state index in [0.717, 1.165) is 17.8 Å². The fourth-order valence-corrected chi connectivity index (χ4v) is 11.7. The van der Waals surface area contributed by atoms with Gasteiger partial charge in [0, 0.05) is 22.2 Å². The van der Waals surface area contributed by atoms with E-state index in [1.807, 2.05) is 0 Å². The molecule has 1 nitrogen and oxygen atoms in total. The Morgan fingerprint density at radius 3 is 1.89 bits per heavy atom. The Bertz CT molecular complexity index is 2590. The van der Waals surface area contributed by atoms with Gasteiger partial charge >= 0.3 is 0 Å². The molecule has 3 fully saturated rings. The maximum Gasteiger partial charge on any atom is 0.0540 e. The van der Waals surface area contributed by atoms with Crippen molar-refractivity contribution in [3.63, 3.8) is 0 Å². The highest BCUT2D eigenvalue weighted by molar-refractivity contribution is 6.00. The summed E-state index contributed by atoms with van der Waals surface area (Å²) in [4.78, 5) is 2.55. The summed E-state index contributed by atoms with van der Waals surface area (Å²) in [5.74, 6) is 3.24. The summed E-state index contributed by atoms with van der Waals surface area (Å²) in [6.45, 7) is 4.84. The van der Waals surface area contributed by atoms with Crippen molar-refractivity contribution in [1.29, 1.82) is 0 Å². The van der Waals surface area contributed by atoms with Crippen LogP contribution in [0.25, 0.3) is 44.2 Å². The Morgan fingerprint density at radius 2 is 1.16 bits per heavy atom. The van der Waals surface area contributed by atoms with Crippen molar-refractivity contribution in [1.82, 2.24) is 0 Å². The number of nitrogens with zero attached hydrogens (tertiary/aromatic N) is 1. The van der Waals surface area contributed by atoms with Crippen molar-refractivity contribution in [2.75, 3.05) is 4.90 Å². The molecule has 2 bridgehead atoms. The van der Waals surface area contributed by atoms with Gasteiger partial charge in [0.05, 0.1) is 5.69 Å². The maximum atomic E-state index is 2.55. The number of benzene rings is 7. The van der Waals surface area contributed by atoms with E-state index in [1.54, 1.807) is 0 Å². The Hall–Kier alpha value is -5.40. The third-order valence-corrected chi connectivity index (χ3v) is 14.8. The van der Waals surface area contributed by atoms with E-state index in [1.165, 1.54) is 141 Å². The van der Waals surface area contributed by atoms with Crippen LogP contribution in [0.5, 0.6) is 0 Å². The minimum Gasteiger partial charge on any atom is -0.310 e. The van der Waals surface area contributed by atoms with Crippen LogP contribution >= 0.6 is 0 Å².